The molecule has 4 heteroatoms. The van der Waals surface area contributed by atoms with Gasteiger partial charge in [0.1, 0.15) is 0 Å². The summed E-state index contributed by atoms with van der Waals surface area (Å²) in [6, 6.07) is 2.13. The number of amides is 1. The van der Waals surface area contributed by atoms with E-state index in [0.717, 1.165) is 17.8 Å². The number of rotatable bonds is 3. The number of nitrogens with one attached hydrogen (secondary N) is 1. The summed E-state index contributed by atoms with van der Waals surface area (Å²) in [5, 5.41) is 3.15. The van der Waals surface area contributed by atoms with Gasteiger partial charge in [-0.2, -0.15) is 0 Å². The van der Waals surface area contributed by atoms with Crippen LogP contribution in [0.2, 0.25) is 0 Å². The lowest BCUT2D eigenvalue weighted by Crippen LogP contribution is -2.34. The number of carbonyl (C=O) groups is 1. The zero-order valence-corrected chi connectivity index (χ0v) is 14.2. The van der Waals surface area contributed by atoms with Crippen LogP contribution < -0.4 is 5.32 Å². The van der Waals surface area contributed by atoms with Crippen molar-refractivity contribution in [3.63, 3.8) is 0 Å². The average Bonchev–Trinajstić information content (AvgIpc) is 2.90. The Bertz CT molecular complexity index is 461. The third kappa shape index (κ3) is 3.28. The van der Waals surface area contributed by atoms with Gasteiger partial charge in [0.25, 0.3) is 5.91 Å². The van der Waals surface area contributed by atoms with E-state index < -0.39 is 0 Å². The van der Waals surface area contributed by atoms with E-state index in [1.54, 1.807) is 11.3 Å². The molecule has 110 valence electrons. The number of thiophene rings is 1. The topological polar surface area (TPSA) is 29.1 Å². The molecule has 0 bridgehead atoms. The van der Waals surface area contributed by atoms with Crippen LogP contribution in [-0.4, -0.2) is 17.3 Å². The molecule has 1 saturated carbocycles. The molecule has 1 aromatic rings. The molecule has 0 aromatic carbocycles. The molecule has 1 amide bonds. The van der Waals surface area contributed by atoms with Gasteiger partial charge in [0, 0.05) is 16.2 Å². The Kier molecular flexibility index (Phi) is 4.82. The molecular weight excluding hydrogens is 334 g/mol. The highest BCUT2D eigenvalue weighted by Gasteiger charge is 2.24. The van der Waals surface area contributed by atoms with Gasteiger partial charge in [-0.25, -0.2) is 0 Å². The van der Waals surface area contributed by atoms with Crippen molar-refractivity contribution >= 4 is 33.2 Å². The van der Waals surface area contributed by atoms with Crippen molar-refractivity contribution in [2.75, 3.05) is 6.54 Å². The van der Waals surface area contributed by atoms with Crippen LogP contribution >= 0.6 is 27.3 Å². The minimum atomic E-state index is 0.134. The first-order valence-electron chi connectivity index (χ1n) is 7.78. The van der Waals surface area contributed by atoms with Gasteiger partial charge in [-0.15, -0.1) is 11.3 Å². The van der Waals surface area contributed by atoms with Crippen molar-refractivity contribution in [1.29, 1.82) is 0 Å². The Morgan fingerprint density at radius 1 is 1.25 bits per heavy atom. The van der Waals surface area contributed by atoms with E-state index in [1.165, 1.54) is 55.4 Å². The van der Waals surface area contributed by atoms with Crippen LogP contribution in [-0.2, 0) is 12.8 Å². The Morgan fingerprint density at radius 2 is 2.05 bits per heavy atom. The second-order valence-electron chi connectivity index (χ2n) is 6.04. The van der Waals surface area contributed by atoms with E-state index in [1.807, 2.05) is 0 Å². The molecule has 2 unspecified atom stereocenters. The average molecular weight is 356 g/mol. The second kappa shape index (κ2) is 6.61. The van der Waals surface area contributed by atoms with Gasteiger partial charge in [0.05, 0.1) is 4.88 Å². The van der Waals surface area contributed by atoms with Crippen LogP contribution in [0.1, 0.15) is 58.6 Å². The van der Waals surface area contributed by atoms with E-state index in [9.17, 15) is 4.79 Å². The van der Waals surface area contributed by atoms with Crippen molar-refractivity contribution in [1.82, 2.24) is 5.32 Å². The molecule has 1 fully saturated rings. The van der Waals surface area contributed by atoms with Gasteiger partial charge in [0.2, 0.25) is 0 Å². The van der Waals surface area contributed by atoms with Gasteiger partial charge in [-0.3, -0.25) is 4.79 Å². The molecule has 2 nitrogen and oxygen atoms in total. The van der Waals surface area contributed by atoms with Crippen LogP contribution in [0.25, 0.3) is 0 Å². The smallest absolute Gasteiger partial charge is 0.261 e. The second-order valence-corrected chi connectivity index (χ2v) is 8.35. The number of aryl methyl sites for hydroxylation is 2. The van der Waals surface area contributed by atoms with Crippen molar-refractivity contribution in [2.24, 2.45) is 5.92 Å². The van der Waals surface area contributed by atoms with Crippen molar-refractivity contribution < 1.29 is 4.79 Å². The molecule has 1 heterocycles. The number of fused-ring (bicyclic) bond motifs is 1. The normalized spacial score (nSPS) is 26.1. The summed E-state index contributed by atoms with van der Waals surface area (Å²) in [5.41, 5.74) is 1.42. The van der Waals surface area contributed by atoms with E-state index in [0.29, 0.717) is 10.7 Å². The van der Waals surface area contributed by atoms with Crippen LogP contribution in [0.5, 0.6) is 0 Å². The Hall–Kier alpha value is -0.350. The maximum Gasteiger partial charge on any atom is 0.261 e. The van der Waals surface area contributed by atoms with Gasteiger partial charge in [-0.1, -0.05) is 28.8 Å². The molecule has 0 aliphatic heterocycles. The van der Waals surface area contributed by atoms with Gasteiger partial charge in [0.15, 0.2) is 0 Å². The van der Waals surface area contributed by atoms with E-state index in [2.05, 4.69) is 27.3 Å². The highest BCUT2D eigenvalue weighted by atomic mass is 79.9. The van der Waals surface area contributed by atoms with Gasteiger partial charge >= 0.3 is 0 Å². The summed E-state index contributed by atoms with van der Waals surface area (Å²) in [7, 11) is 0. The van der Waals surface area contributed by atoms with Crippen LogP contribution in [0, 0.1) is 5.92 Å². The fourth-order valence-corrected chi connectivity index (χ4v) is 5.25. The number of carbonyl (C=O) groups excluding carboxylic acids is 1. The zero-order valence-electron chi connectivity index (χ0n) is 11.8. The summed E-state index contributed by atoms with van der Waals surface area (Å²) in [5.74, 6) is 0.733. The largest absolute Gasteiger partial charge is 0.351 e. The molecule has 0 radical (unpaired) electrons. The fourth-order valence-electron chi connectivity index (χ4n) is 3.31. The first-order chi connectivity index (χ1) is 9.74. The van der Waals surface area contributed by atoms with Crippen molar-refractivity contribution in [3.8, 4) is 0 Å². The number of alkyl halides is 1. The molecule has 0 spiro atoms. The molecule has 0 saturated heterocycles. The Labute approximate surface area is 133 Å². The fraction of sp³-hybridized carbons (Fsp3) is 0.688. The molecule has 3 rings (SSSR count). The Balaban J connectivity index is 1.57. The molecule has 2 aliphatic carbocycles. The minimum absolute atomic E-state index is 0.134. The molecule has 20 heavy (non-hydrogen) atoms. The summed E-state index contributed by atoms with van der Waals surface area (Å²) >= 11 is 5.47. The monoisotopic (exact) mass is 355 g/mol. The number of halogens is 1. The van der Waals surface area contributed by atoms with Crippen LogP contribution in [0.4, 0.5) is 0 Å². The highest BCUT2D eigenvalue weighted by molar-refractivity contribution is 9.09. The SMILES string of the molecule is O=C(NCC1CCCCC1Br)c1cc2c(s1)CCCC2. The zero-order chi connectivity index (χ0) is 13.9. The van der Waals surface area contributed by atoms with Gasteiger partial charge < -0.3 is 5.32 Å². The lowest BCUT2D eigenvalue weighted by molar-refractivity contribution is 0.0948. The lowest BCUT2D eigenvalue weighted by atomic mass is 9.89. The maximum atomic E-state index is 12.3. The standard InChI is InChI=1S/C16H22BrNOS/c17-13-7-3-1-6-12(13)10-18-16(19)15-9-11-5-2-4-8-14(11)20-15/h9,12-13H,1-8,10H2,(H,18,19). The first kappa shape index (κ1) is 14.6. The van der Waals surface area contributed by atoms with Gasteiger partial charge in [-0.05, 0) is 56.1 Å². The quantitative estimate of drug-likeness (QED) is 0.804. The van der Waals surface area contributed by atoms with E-state index in [4.69, 9.17) is 0 Å². The molecule has 2 atom stereocenters. The first-order valence-corrected chi connectivity index (χ1v) is 9.51. The number of hydrogen-bond acceptors (Lipinski definition) is 2. The minimum Gasteiger partial charge on any atom is -0.351 e. The highest BCUT2D eigenvalue weighted by Crippen LogP contribution is 2.31. The van der Waals surface area contributed by atoms with Crippen molar-refractivity contribution in [3.05, 3.63) is 21.4 Å². The van der Waals surface area contributed by atoms with Crippen LogP contribution in [0.15, 0.2) is 6.07 Å². The predicted octanol–water partition coefficient (Wildman–Crippen LogP) is 4.31. The summed E-state index contributed by atoms with van der Waals surface area (Å²) in [6.07, 6.45) is 9.98. The van der Waals surface area contributed by atoms with E-state index in [-0.39, 0.29) is 5.91 Å². The maximum absolute atomic E-state index is 12.3. The van der Waals surface area contributed by atoms with Crippen molar-refractivity contribution in [2.45, 2.75) is 56.2 Å². The molecule has 2 aliphatic rings. The summed E-state index contributed by atoms with van der Waals surface area (Å²) in [6.45, 7) is 0.817. The van der Waals surface area contributed by atoms with E-state index >= 15 is 0 Å². The third-order valence-corrected chi connectivity index (χ3v) is 7.00. The summed E-state index contributed by atoms with van der Waals surface area (Å²) in [4.78, 5) is 15.2. The third-order valence-electron chi connectivity index (χ3n) is 4.56. The number of hydrogen-bond donors (Lipinski definition) is 1. The lowest BCUT2D eigenvalue weighted by Gasteiger charge is -2.27. The van der Waals surface area contributed by atoms with Crippen LogP contribution in [0.3, 0.4) is 0 Å². The molecule has 1 aromatic heterocycles. The predicted molar refractivity (Wildman–Crippen MR) is 88.0 cm³/mol. The Morgan fingerprint density at radius 3 is 2.85 bits per heavy atom. The summed E-state index contributed by atoms with van der Waals surface area (Å²) < 4.78 is 0. The molecule has 1 N–H and O–H groups in total. The molecular formula is C16H22BrNOS.